The van der Waals surface area contributed by atoms with E-state index in [9.17, 15) is 9.90 Å². The van der Waals surface area contributed by atoms with E-state index in [1.807, 2.05) is 32.0 Å². The molecule has 1 aliphatic rings. The highest BCUT2D eigenvalue weighted by atomic mass is 16.5. The Hall–Kier alpha value is -1.55. The Morgan fingerprint density at radius 2 is 2.24 bits per heavy atom. The van der Waals surface area contributed by atoms with Crippen molar-refractivity contribution in [2.24, 2.45) is 0 Å². The van der Waals surface area contributed by atoms with Crippen LogP contribution in [-0.4, -0.2) is 23.2 Å². The average molecular weight is 291 g/mol. The van der Waals surface area contributed by atoms with Gasteiger partial charge in [-0.15, -0.1) is 0 Å². The van der Waals surface area contributed by atoms with E-state index in [-0.39, 0.29) is 11.9 Å². The first-order valence-corrected chi connectivity index (χ1v) is 7.79. The van der Waals surface area contributed by atoms with Crippen molar-refractivity contribution in [3.8, 4) is 5.75 Å². The lowest BCUT2D eigenvalue weighted by Gasteiger charge is -2.23. The molecule has 3 atom stereocenters. The average Bonchev–Trinajstić information content (AvgIpc) is 2.47. The van der Waals surface area contributed by atoms with Gasteiger partial charge in [-0.05, 0) is 62.8 Å². The third-order valence-electron chi connectivity index (χ3n) is 4.08. The molecule has 1 aromatic carbocycles. The van der Waals surface area contributed by atoms with Crippen LogP contribution >= 0.6 is 0 Å². The molecule has 0 aliphatic heterocycles. The number of rotatable bonds is 5. The number of aryl methyl sites for hydroxylation is 1. The summed E-state index contributed by atoms with van der Waals surface area (Å²) in [6, 6.07) is 5.89. The summed E-state index contributed by atoms with van der Waals surface area (Å²) < 4.78 is 5.71. The summed E-state index contributed by atoms with van der Waals surface area (Å²) in [5, 5.41) is 13.0. The zero-order valence-electron chi connectivity index (χ0n) is 13.1. The molecule has 2 rings (SSSR count). The maximum absolute atomic E-state index is 12.0. The van der Waals surface area contributed by atoms with Gasteiger partial charge in [0.25, 0.3) is 5.91 Å². The Morgan fingerprint density at radius 1 is 1.48 bits per heavy atom. The molecule has 0 saturated heterocycles. The number of nitrogens with one attached hydrogen (secondary N) is 1. The van der Waals surface area contributed by atoms with Crippen molar-refractivity contribution in [1.29, 1.82) is 0 Å². The molecule has 21 heavy (non-hydrogen) atoms. The highest BCUT2D eigenvalue weighted by Crippen LogP contribution is 2.32. The van der Waals surface area contributed by atoms with Crippen LogP contribution in [0.25, 0.3) is 0 Å². The Balaban J connectivity index is 2.03. The predicted molar refractivity (Wildman–Crippen MR) is 82.3 cm³/mol. The second-order valence-corrected chi connectivity index (χ2v) is 5.85. The van der Waals surface area contributed by atoms with Gasteiger partial charge in [0.2, 0.25) is 0 Å². The Labute approximate surface area is 126 Å². The molecular weight excluding hydrogens is 266 g/mol. The maximum atomic E-state index is 12.0. The van der Waals surface area contributed by atoms with Crippen LogP contribution in [-0.2, 0) is 11.2 Å². The molecule has 0 bridgehead atoms. The van der Waals surface area contributed by atoms with Crippen LogP contribution in [0.3, 0.4) is 0 Å². The van der Waals surface area contributed by atoms with Gasteiger partial charge >= 0.3 is 0 Å². The molecule has 1 amide bonds. The predicted octanol–water partition coefficient (Wildman–Crippen LogP) is 2.74. The van der Waals surface area contributed by atoms with Crippen molar-refractivity contribution in [1.82, 2.24) is 5.32 Å². The van der Waals surface area contributed by atoms with Gasteiger partial charge in [-0.2, -0.15) is 0 Å². The number of aliphatic hydroxyl groups excluding tert-OH is 1. The topological polar surface area (TPSA) is 58.6 Å². The number of ether oxygens (including phenoxy) is 1. The summed E-state index contributed by atoms with van der Waals surface area (Å²) in [5.74, 6) is 0.532. The van der Waals surface area contributed by atoms with Gasteiger partial charge in [0.15, 0.2) is 6.10 Å². The van der Waals surface area contributed by atoms with Gasteiger partial charge < -0.3 is 15.2 Å². The molecule has 3 unspecified atom stereocenters. The fourth-order valence-electron chi connectivity index (χ4n) is 2.55. The highest BCUT2D eigenvalue weighted by molar-refractivity contribution is 5.80. The first-order chi connectivity index (χ1) is 10.0. The maximum Gasteiger partial charge on any atom is 0.260 e. The van der Waals surface area contributed by atoms with Crippen molar-refractivity contribution in [2.45, 2.75) is 64.7 Å². The molecular formula is C17H25NO3. The van der Waals surface area contributed by atoms with Crippen LogP contribution in [0.4, 0.5) is 0 Å². The molecule has 116 valence electrons. The van der Waals surface area contributed by atoms with E-state index in [0.29, 0.717) is 5.75 Å². The Kier molecular flexibility index (Phi) is 5.23. The number of fused-ring (bicyclic) bond motifs is 1. The van der Waals surface area contributed by atoms with Gasteiger partial charge in [-0.1, -0.05) is 13.0 Å². The monoisotopic (exact) mass is 291 g/mol. The van der Waals surface area contributed by atoms with Crippen LogP contribution in [0.2, 0.25) is 0 Å². The van der Waals surface area contributed by atoms with E-state index in [0.717, 1.165) is 31.2 Å². The zero-order valence-corrected chi connectivity index (χ0v) is 13.1. The lowest BCUT2D eigenvalue weighted by Crippen LogP contribution is -2.41. The minimum absolute atomic E-state index is 0.109. The Bertz CT molecular complexity index is 501. The summed E-state index contributed by atoms with van der Waals surface area (Å²) in [6.07, 6.45) is 2.74. The largest absolute Gasteiger partial charge is 0.481 e. The fraction of sp³-hybridized carbons (Fsp3) is 0.588. The fourth-order valence-corrected chi connectivity index (χ4v) is 2.55. The van der Waals surface area contributed by atoms with E-state index in [4.69, 9.17) is 4.74 Å². The third kappa shape index (κ3) is 3.97. The van der Waals surface area contributed by atoms with E-state index < -0.39 is 12.2 Å². The summed E-state index contributed by atoms with van der Waals surface area (Å²) >= 11 is 0. The highest BCUT2D eigenvalue weighted by Gasteiger charge is 2.20. The van der Waals surface area contributed by atoms with Crippen LogP contribution in [0.15, 0.2) is 18.2 Å². The zero-order chi connectivity index (χ0) is 15.4. The quantitative estimate of drug-likeness (QED) is 0.877. The van der Waals surface area contributed by atoms with Crippen LogP contribution in [0.5, 0.6) is 5.75 Å². The van der Waals surface area contributed by atoms with Gasteiger partial charge in [-0.3, -0.25) is 4.79 Å². The molecule has 4 heteroatoms. The number of amides is 1. The Morgan fingerprint density at radius 3 is 2.95 bits per heavy atom. The van der Waals surface area contributed by atoms with Crippen LogP contribution < -0.4 is 10.1 Å². The van der Waals surface area contributed by atoms with Crippen molar-refractivity contribution >= 4 is 5.91 Å². The van der Waals surface area contributed by atoms with Crippen molar-refractivity contribution in [3.63, 3.8) is 0 Å². The van der Waals surface area contributed by atoms with Crippen LogP contribution in [0, 0.1) is 0 Å². The van der Waals surface area contributed by atoms with Crippen molar-refractivity contribution in [2.75, 3.05) is 0 Å². The van der Waals surface area contributed by atoms with E-state index in [2.05, 4.69) is 5.32 Å². The SMILES string of the molecule is CCC(C)NC(=O)C(C)Oc1ccc2c(c1)C(O)CCC2. The molecule has 2 N–H and O–H groups in total. The molecule has 1 aliphatic carbocycles. The summed E-state index contributed by atoms with van der Waals surface area (Å²) in [4.78, 5) is 12.0. The molecule has 0 radical (unpaired) electrons. The molecule has 1 aromatic rings. The first-order valence-electron chi connectivity index (χ1n) is 7.79. The van der Waals surface area contributed by atoms with Gasteiger partial charge in [0.05, 0.1) is 6.10 Å². The second-order valence-electron chi connectivity index (χ2n) is 5.85. The van der Waals surface area contributed by atoms with E-state index in [1.165, 1.54) is 5.56 Å². The third-order valence-corrected chi connectivity index (χ3v) is 4.08. The van der Waals surface area contributed by atoms with Crippen LogP contribution in [0.1, 0.15) is 57.3 Å². The summed E-state index contributed by atoms with van der Waals surface area (Å²) in [5.41, 5.74) is 2.12. The lowest BCUT2D eigenvalue weighted by molar-refractivity contribution is -0.127. The minimum atomic E-state index is -0.544. The number of benzene rings is 1. The van der Waals surface area contributed by atoms with Crippen molar-refractivity contribution < 1.29 is 14.6 Å². The van der Waals surface area contributed by atoms with Crippen molar-refractivity contribution in [3.05, 3.63) is 29.3 Å². The molecule has 0 fully saturated rings. The van der Waals surface area contributed by atoms with E-state index in [1.54, 1.807) is 6.92 Å². The number of carbonyl (C=O) groups excluding carboxylic acids is 1. The molecule has 4 nitrogen and oxygen atoms in total. The minimum Gasteiger partial charge on any atom is -0.481 e. The standard InChI is InChI=1S/C17H25NO3/c1-4-11(2)18-17(20)12(3)21-14-9-8-13-6-5-7-16(19)15(13)10-14/h8-12,16,19H,4-7H2,1-3H3,(H,18,20). The normalized spacial score (nSPS) is 20.3. The molecule has 0 saturated carbocycles. The van der Waals surface area contributed by atoms with E-state index >= 15 is 0 Å². The first kappa shape index (κ1) is 15.8. The number of hydrogen-bond donors (Lipinski definition) is 2. The number of hydrogen-bond acceptors (Lipinski definition) is 3. The smallest absolute Gasteiger partial charge is 0.260 e. The van der Waals surface area contributed by atoms with Gasteiger partial charge in [0.1, 0.15) is 5.75 Å². The summed E-state index contributed by atoms with van der Waals surface area (Å²) in [6.45, 7) is 5.74. The van der Waals surface area contributed by atoms with Gasteiger partial charge in [-0.25, -0.2) is 0 Å². The number of aliphatic hydroxyl groups is 1. The molecule has 0 aromatic heterocycles. The summed E-state index contributed by atoms with van der Waals surface area (Å²) in [7, 11) is 0. The molecule has 0 spiro atoms. The number of carbonyl (C=O) groups is 1. The second kappa shape index (κ2) is 6.94. The lowest BCUT2D eigenvalue weighted by atomic mass is 9.89. The molecule has 0 heterocycles. The van der Waals surface area contributed by atoms with Gasteiger partial charge in [0, 0.05) is 6.04 Å².